The molecule has 1 saturated carbocycles. The van der Waals surface area contributed by atoms with Gasteiger partial charge in [0.25, 0.3) is 5.91 Å². The number of hydrogen-bond donors (Lipinski definition) is 1. The van der Waals surface area contributed by atoms with E-state index in [4.69, 9.17) is 11.6 Å². The van der Waals surface area contributed by atoms with E-state index >= 15 is 0 Å². The number of carbonyl (C=O) groups is 1. The minimum Gasteiger partial charge on any atom is -0.335 e. The molecule has 1 aliphatic carbocycles. The van der Waals surface area contributed by atoms with Gasteiger partial charge in [-0.3, -0.25) is 4.79 Å². The Morgan fingerprint density at radius 2 is 1.85 bits per heavy atom. The van der Waals surface area contributed by atoms with Crippen LogP contribution in [0, 0.1) is 11.8 Å². The van der Waals surface area contributed by atoms with Gasteiger partial charge in [0.05, 0.1) is 10.7 Å². The number of benzene rings is 1. The van der Waals surface area contributed by atoms with Crippen molar-refractivity contribution in [1.29, 1.82) is 0 Å². The van der Waals surface area contributed by atoms with E-state index < -0.39 is 0 Å². The number of para-hydroxylation sites is 1. The Labute approximate surface area is 163 Å². The van der Waals surface area contributed by atoms with Crippen LogP contribution in [0.15, 0.2) is 24.3 Å². The highest BCUT2D eigenvalue weighted by molar-refractivity contribution is 6.32. The van der Waals surface area contributed by atoms with Gasteiger partial charge in [0.1, 0.15) is 5.82 Å². The van der Waals surface area contributed by atoms with Gasteiger partial charge in [-0.15, -0.1) is 17.5 Å². The van der Waals surface area contributed by atoms with E-state index in [-0.39, 0.29) is 18.3 Å². The van der Waals surface area contributed by atoms with Crippen molar-refractivity contribution in [3.8, 4) is 5.69 Å². The highest BCUT2D eigenvalue weighted by Gasteiger charge is 2.40. The summed E-state index contributed by atoms with van der Waals surface area (Å²) in [5.41, 5.74) is 0.792. The predicted molar refractivity (Wildman–Crippen MR) is 101 cm³/mol. The number of hydrogen-bond acceptors (Lipinski definition) is 4. The molecule has 1 N–H and O–H groups in total. The largest absolute Gasteiger partial charge is 0.335 e. The van der Waals surface area contributed by atoms with E-state index in [0.29, 0.717) is 28.6 Å². The van der Waals surface area contributed by atoms with Gasteiger partial charge in [0.15, 0.2) is 0 Å². The molecule has 8 heteroatoms. The molecular formula is C18H21Cl2N5O. The summed E-state index contributed by atoms with van der Waals surface area (Å²) in [4.78, 5) is 19.5. The number of likely N-dealkylation sites (tertiary alicyclic amines) is 1. The molecule has 2 saturated heterocycles. The molecular weight excluding hydrogens is 373 g/mol. The van der Waals surface area contributed by atoms with Crippen molar-refractivity contribution in [1.82, 2.24) is 25.0 Å². The van der Waals surface area contributed by atoms with Crippen molar-refractivity contribution in [2.75, 3.05) is 26.2 Å². The zero-order valence-corrected chi connectivity index (χ0v) is 15.8. The second kappa shape index (κ2) is 6.83. The van der Waals surface area contributed by atoms with Gasteiger partial charge in [0.2, 0.25) is 5.82 Å². The number of carbonyl (C=O) groups excluding carboxylic acids is 1. The van der Waals surface area contributed by atoms with Crippen LogP contribution in [0.4, 0.5) is 0 Å². The Balaban J connectivity index is 0.00000168. The second-order valence-corrected chi connectivity index (χ2v) is 7.73. The van der Waals surface area contributed by atoms with Crippen molar-refractivity contribution < 1.29 is 4.79 Å². The summed E-state index contributed by atoms with van der Waals surface area (Å²) in [7, 11) is 0. The average Bonchev–Trinajstić information content (AvgIpc) is 3.04. The lowest BCUT2D eigenvalue weighted by Gasteiger charge is -2.15. The van der Waals surface area contributed by atoms with E-state index in [1.165, 1.54) is 0 Å². The average molecular weight is 394 g/mol. The molecule has 1 amide bonds. The van der Waals surface area contributed by atoms with Crippen molar-refractivity contribution >= 4 is 29.9 Å². The Kier molecular flexibility index (Phi) is 4.67. The highest BCUT2D eigenvalue weighted by Crippen LogP contribution is 2.40. The van der Waals surface area contributed by atoms with Gasteiger partial charge >= 0.3 is 0 Å². The Hall–Kier alpha value is -1.63. The van der Waals surface area contributed by atoms with Crippen LogP contribution in [-0.2, 0) is 0 Å². The number of halogens is 2. The van der Waals surface area contributed by atoms with Crippen molar-refractivity contribution in [2.45, 2.75) is 18.8 Å². The highest BCUT2D eigenvalue weighted by atomic mass is 35.5. The smallest absolute Gasteiger partial charge is 0.293 e. The number of fused-ring (bicyclic) bond motifs is 1. The van der Waals surface area contributed by atoms with E-state index in [1.54, 1.807) is 4.68 Å². The Bertz CT molecular complexity index is 823. The quantitative estimate of drug-likeness (QED) is 0.869. The van der Waals surface area contributed by atoms with Crippen LogP contribution >= 0.6 is 24.0 Å². The predicted octanol–water partition coefficient (Wildman–Crippen LogP) is 2.51. The maximum atomic E-state index is 12.9. The fraction of sp³-hybridized carbons (Fsp3) is 0.500. The summed E-state index contributed by atoms with van der Waals surface area (Å²) in [5.74, 6) is 2.62. The zero-order chi connectivity index (χ0) is 17.0. The maximum Gasteiger partial charge on any atom is 0.293 e. The molecule has 6 nitrogen and oxygen atoms in total. The summed E-state index contributed by atoms with van der Waals surface area (Å²) in [6, 6.07) is 7.58. The summed E-state index contributed by atoms with van der Waals surface area (Å²) in [5, 5.41) is 8.58. The number of rotatable bonds is 3. The lowest BCUT2D eigenvalue weighted by Crippen LogP contribution is -2.32. The summed E-state index contributed by atoms with van der Waals surface area (Å²) < 4.78 is 1.77. The molecule has 3 heterocycles. The molecule has 1 aromatic heterocycles. The van der Waals surface area contributed by atoms with Crippen LogP contribution < -0.4 is 5.32 Å². The van der Waals surface area contributed by atoms with Gasteiger partial charge < -0.3 is 10.2 Å². The van der Waals surface area contributed by atoms with Gasteiger partial charge in [-0.05, 0) is 36.8 Å². The lowest BCUT2D eigenvalue weighted by atomic mass is 10.0. The van der Waals surface area contributed by atoms with Gasteiger partial charge in [-0.2, -0.15) is 0 Å². The fourth-order valence-electron chi connectivity index (χ4n) is 3.98. The first-order valence-corrected chi connectivity index (χ1v) is 9.30. The Morgan fingerprint density at radius 1 is 1.15 bits per heavy atom. The van der Waals surface area contributed by atoms with E-state index in [1.807, 2.05) is 29.2 Å². The normalized spacial score (nSPS) is 24.4. The van der Waals surface area contributed by atoms with Crippen LogP contribution in [0.2, 0.25) is 5.02 Å². The van der Waals surface area contributed by atoms with E-state index in [0.717, 1.165) is 50.5 Å². The Morgan fingerprint density at radius 3 is 2.50 bits per heavy atom. The monoisotopic (exact) mass is 393 g/mol. The number of amides is 1. The first-order chi connectivity index (χ1) is 12.2. The minimum atomic E-state index is -0.0536. The molecule has 0 unspecified atom stereocenters. The first-order valence-electron chi connectivity index (χ1n) is 8.92. The topological polar surface area (TPSA) is 63.1 Å². The molecule has 2 aromatic rings. The van der Waals surface area contributed by atoms with Crippen LogP contribution in [0.5, 0.6) is 0 Å². The summed E-state index contributed by atoms with van der Waals surface area (Å²) >= 11 is 6.35. The van der Waals surface area contributed by atoms with Gasteiger partial charge in [-0.1, -0.05) is 23.7 Å². The summed E-state index contributed by atoms with van der Waals surface area (Å²) in [6.45, 7) is 3.61. The summed E-state index contributed by atoms with van der Waals surface area (Å²) in [6.07, 6.45) is 2.19. The lowest BCUT2D eigenvalue weighted by molar-refractivity contribution is 0.0769. The molecule has 138 valence electrons. The zero-order valence-electron chi connectivity index (χ0n) is 14.3. The third kappa shape index (κ3) is 3.00. The van der Waals surface area contributed by atoms with Crippen LogP contribution in [0.25, 0.3) is 5.69 Å². The molecule has 0 bridgehead atoms. The van der Waals surface area contributed by atoms with Crippen LogP contribution in [0.1, 0.15) is 35.2 Å². The van der Waals surface area contributed by atoms with Crippen LogP contribution in [-0.4, -0.2) is 51.8 Å². The standard InChI is InChI=1S/C18H20ClN5O.ClH/c19-14-3-1-2-4-15(14)24-17(11-5-6-11)21-16(22-24)18(25)23-9-12-7-20-8-13(12)10-23;/h1-4,11-13,20H,5-10H2;1H/t12-,13+;. The molecule has 0 radical (unpaired) electrons. The van der Waals surface area contributed by atoms with E-state index in [2.05, 4.69) is 15.4 Å². The van der Waals surface area contributed by atoms with Crippen molar-refractivity contribution in [3.63, 3.8) is 0 Å². The molecule has 0 spiro atoms. The molecule has 2 atom stereocenters. The molecule has 2 aliphatic heterocycles. The molecule has 26 heavy (non-hydrogen) atoms. The van der Waals surface area contributed by atoms with Crippen LogP contribution in [0.3, 0.4) is 0 Å². The molecule has 3 aliphatic rings. The maximum absolute atomic E-state index is 12.9. The van der Waals surface area contributed by atoms with Gasteiger partial charge in [-0.25, -0.2) is 9.67 Å². The van der Waals surface area contributed by atoms with Crippen molar-refractivity contribution in [3.05, 3.63) is 40.9 Å². The molecule has 1 aromatic carbocycles. The third-order valence-electron chi connectivity index (χ3n) is 5.52. The third-order valence-corrected chi connectivity index (χ3v) is 5.84. The number of nitrogens with zero attached hydrogens (tertiary/aromatic N) is 4. The molecule has 5 rings (SSSR count). The van der Waals surface area contributed by atoms with Gasteiger partial charge in [0, 0.05) is 32.1 Å². The fourth-order valence-corrected chi connectivity index (χ4v) is 4.20. The minimum absolute atomic E-state index is 0. The first kappa shape index (κ1) is 17.8. The molecule has 3 fully saturated rings. The number of nitrogens with one attached hydrogen (secondary N) is 1. The SMILES string of the molecule is Cl.O=C(c1nc(C2CC2)n(-c2ccccc2Cl)n1)N1C[C@H]2CNC[C@H]2C1. The number of aromatic nitrogens is 3. The van der Waals surface area contributed by atoms with Crippen molar-refractivity contribution in [2.24, 2.45) is 11.8 Å². The van der Waals surface area contributed by atoms with E-state index in [9.17, 15) is 4.79 Å². The second-order valence-electron chi connectivity index (χ2n) is 7.32.